The molecule has 3 rings (SSSR count). The number of rotatable bonds is 13. The zero-order valence-electron chi connectivity index (χ0n) is 24.0. The largest absolute Gasteiger partial charge is 0.385 e. The molecule has 1 aromatic carbocycles. The molecule has 39 heavy (non-hydrogen) atoms. The number of halogens is 2. The highest BCUT2D eigenvalue weighted by molar-refractivity contribution is 6.30. The van der Waals surface area contributed by atoms with E-state index in [0.717, 1.165) is 38.6 Å². The fourth-order valence-electron chi connectivity index (χ4n) is 6.70. The number of benzene rings is 1. The number of likely N-dealkylation sites (tertiary alicyclic amines) is 1. The topological polar surface area (TPSA) is 82.7 Å². The molecular formula is C30H48ClFN4O3. The van der Waals surface area contributed by atoms with Crippen molar-refractivity contribution in [3.63, 3.8) is 0 Å². The number of hydrogen-bond acceptors (Lipinski definition) is 4. The monoisotopic (exact) mass is 566 g/mol. The van der Waals surface area contributed by atoms with Crippen LogP contribution in [0.2, 0.25) is 5.02 Å². The normalized spacial score (nSPS) is 20.7. The molecule has 1 heterocycles. The summed E-state index contributed by atoms with van der Waals surface area (Å²) in [6.07, 6.45) is 10.9. The Morgan fingerprint density at radius 1 is 1.18 bits per heavy atom. The van der Waals surface area contributed by atoms with Crippen molar-refractivity contribution in [2.24, 2.45) is 11.8 Å². The summed E-state index contributed by atoms with van der Waals surface area (Å²) in [4.78, 5) is 28.0. The lowest BCUT2D eigenvalue weighted by atomic mass is 9.71. The lowest BCUT2D eigenvalue weighted by molar-refractivity contribution is -0.122. The summed E-state index contributed by atoms with van der Waals surface area (Å²) >= 11 is 6.24. The third-order valence-corrected chi connectivity index (χ3v) is 8.82. The maximum atomic E-state index is 15.6. The van der Waals surface area contributed by atoms with Gasteiger partial charge in [-0.1, -0.05) is 55.8 Å². The average Bonchev–Trinajstić information content (AvgIpc) is 2.92. The van der Waals surface area contributed by atoms with Crippen molar-refractivity contribution in [2.75, 3.05) is 40.4 Å². The highest BCUT2D eigenvalue weighted by Gasteiger charge is 2.45. The molecule has 1 aliphatic heterocycles. The zero-order chi connectivity index (χ0) is 28.3. The molecule has 2 fully saturated rings. The van der Waals surface area contributed by atoms with Crippen molar-refractivity contribution in [3.05, 3.63) is 34.6 Å². The summed E-state index contributed by atoms with van der Waals surface area (Å²) in [5.74, 6) is -0.263. The summed E-state index contributed by atoms with van der Waals surface area (Å²) < 4.78 is 20.8. The molecule has 1 saturated carbocycles. The molecule has 0 unspecified atom stereocenters. The van der Waals surface area contributed by atoms with Crippen LogP contribution in [-0.4, -0.2) is 63.3 Å². The molecule has 1 aliphatic carbocycles. The van der Waals surface area contributed by atoms with Gasteiger partial charge in [0.25, 0.3) is 0 Å². The van der Waals surface area contributed by atoms with E-state index >= 15 is 4.39 Å². The average molecular weight is 567 g/mol. The number of piperidine rings is 1. The fourth-order valence-corrected chi connectivity index (χ4v) is 6.87. The molecule has 0 aromatic heterocycles. The Hall–Kier alpha value is -1.90. The minimum atomic E-state index is -0.986. The SMILES string of the molecule is CNC[C@H](CC1CCCCC1)NC(=O)N1CCC[C@@H]([C@](CCCCOC)(NC(C)=O)c2cccc(Cl)c2F)C1. The van der Waals surface area contributed by atoms with Gasteiger partial charge in [-0.3, -0.25) is 4.79 Å². The van der Waals surface area contributed by atoms with Gasteiger partial charge in [-0.2, -0.15) is 0 Å². The minimum Gasteiger partial charge on any atom is -0.385 e. The quantitative estimate of drug-likeness (QED) is 0.271. The summed E-state index contributed by atoms with van der Waals surface area (Å²) in [6.45, 7) is 3.84. The minimum absolute atomic E-state index is 0.0298. The Balaban J connectivity index is 1.83. The first-order chi connectivity index (χ1) is 18.8. The van der Waals surface area contributed by atoms with Gasteiger partial charge in [0.2, 0.25) is 5.91 Å². The first-order valence-electron chi connectivity index (χ1n) is 14.7. The molecule has 0 radical (unpaired) electrons. The van der Waals surface area contributed by atoms with Crippen molar-refractivity contribution >= 4 is 23.5 Å². The third kappa shape index (κ3) is 8.79. The van der Waals surface area contributed by atoms with Gasteiger partial charge in [0.05, 0.1) is 10.6 Å². The number of likely N-dealkylation sites (N-methyl/N-ethyl adjacent to an activating group) is 1. The van der Waals surface area contributed by atoms with Crippen molar-refractivity contribution in [2.45, 2.75) is 89.1 Å². The van der Waals surface area contributed by atoms with E-state index in [1.807, 2.05) is 11.9 Å². The molecule has 7 nitrogen and oxygen atoms in total. The van der Waals surface area contributed by atoms with E-state index < -0.39 is 11.4 Å². The molecule has 220 valence electrons. The van der Waals surface area contributed by atoms with Crippen molar-refractivity contribution < 1.29 is 18.7 Å². The second-order valence-electron chi connectivity index (χ2n) is 11.4. The number of nitrogens with zero attached hydrogens (tertiary/aromatic N) is 1. The van der Waals surface area contributed by atoms with Crippen LogP contribution in [0.5, 0.6) is 0 Å². The highest BCUT2D eigenvalue weighted by atomic mass is 35.5. The van der Waals surface area contributed by atoms with E-state index in [-0.39, 0.29) is 28.9 Å². The highest BCUT2D eigenvalue weighted by Crippen LogP contribution is 2.42. The van der Waals surface area contributed by atoms with E-state index in [1.165, 1.54) is 45.1 Å². The predicted octanol–water partition coefficient (Wildman–Crippen LogP) is 5.61. The second kappa shape index (κ2) is 15.8. The van der Waals surface area contributed by atoms with Gasteiger partial charge < -0.3 is 25.6 Å². The van der Waals surface area contributed by atoms with E-state index in [9.17, 15) is 9.59 Å². The first-order valence-corrected chi connectivity index (χ1v) is 15.1. The van der Waals surface area contributed by atoms with Gasteiger partial charge >= 0.3 is 6.03 Å². The zero-order valence-corrected chi connectivity index (χ0v) is 24.8. The Morgan fingerprint density at radius 3 is 2.64 bits per heavy atom. The van der Waals surface area contributed by atoms with Gasteiger partial charge in [-0.05, 0) is 57.6 Å². The predicted molar refractivity (Wildman–Crippen MR) is 154 cm³/mol. The molecule has 3 N–H and O–H groups in total. The molecule has 0 bridgehead atoms. The molecule has 3 amide bonds. The summed E-state index contributed by atoms with van der Waals surface area (Å²) in [7, 11) is 3.58. The second-order valence-corrected chi connectivity index (χ2v) is 11.8. The fraction of sp³-hybridized carbons (Fsp3) is 0.733. The summed E-state index contributed by atoms with van der Waals surface area (Å²) in [5.41, 5.74) is -0.597. The standard InChI is InChI=1S/C30H48ClFN4O3/c1-22(37)35-30(16-7-8-18-39-3,26-14-9-15-27(31)28(26)32)24-13-10-17-36(21-24)29(38)34-25(20-33-2)19-23-11-5-4-6-12-23/h9,14-15,23-25,33H,4-8,10-13,16-21H2,1-3H3,(H,34,38)(H,35,37)/t24-,25+,30+/m1/s1. The smallest absolute Gasteiger partial charge is 0.317 e. The molecule has 2 aliphatic rings. The van der Waals surface area contributed by atoms with Crippen LogP contribution in [-0.2, 0) is 15.1 Å². The Kier molecular flexibility index (Phi) is 12.8. The Morgan fingerprint density at radius 2 is 1.95 bits per heavy atom. The van der Waals surface area contributed by atoms with E-state index in [4.69, 9.17) is 16.3 Å². The molecule has 1 saturated heterocycles. The maximum Gasteiger partial charge on any atom is 0.317 e. The molecule has 9 heteroatoms. The van der Waals surface area contributed by atoms with Crippen LogP contribution >= 0.6 is 11.6 Å². The first kappa shape index (κ1) is 31.6. The van der Waals surface area contributed by atoms with Gasteiger partial charge in [0, 0.05) is 57.8 Å². The van der Waals surface area contributed by atoms with Crippen LogP contribution in [0.25, 0.3) is 0 Å². The van der Waals surface area contributed by atoms with Crippen LogP contribution in [0.1, 0.15) is 83.1 Å². The van der Waals surface area contributed by atoms with Gasteiger partial charge in [-0.25, -0.2) is 9.18 Å². The number of methoxy groups -OCH3 is 1. The van der Waals surface area contributed by atoms with Crippen molar-refractivity contribution in [1.82, 2.24) is 20.9 Å². The van der Waals surface area contributed by atoms with Gasteiger partial charge in [0.1, 0.15) is 5.82 Å². The van der Waals surface area contributed by atoms with Gasteiger partial charge in [0.15, 0.2) is 0 Å². The van der Waals surface area contributed by atoms with Crippen LogP contribution in [0, 0.1) is 17.7 Å². The van der Waals surface area contributed by atoms with Crippen LogP contribution < -0.4 is 16.0 Å². The van der Waals surface area contributed by atoms with E-state index in [2.05, 4.69) is 16.0 Å². The molecular weight excluding hydrogens is 519 g/mol. The lowest BCUT2D eigenvalue weighted by Gasteiger charge is -2.47. The number of urea groups is 1. The molecule has 3 atom stereocenters. The van der Waals surface area contributed by atoms with E-state index in [1.54, 1.807) is 19.2 Å². The lowest BCUT2D eigenvalue weighted by Crippen LogP contribution is -2.58. The number of carbonyl (C=O) groups excluding carboxylic acids is 2. The number of carbonyl (C=O) groups is 2. The number of ether oxygens (including phenoxy) is 1. The third-order valence-electron chi connectivity index (χ3n) is 8.53. The van der Waals surface area contributed by atoms with E-state index in [0.29, 0.717) is 37.6 Å². The summed E-state index contributed by atoms with van der Waals surface area (Å²) in [5, 5.41) is 9.72. The van der Waals surface area contributed by atoms with Crippen LogP contribution in [0.15, 0.2) is 18.2 Å². The Bertz CT molecular complexity index is 929. The molecule has 1 aromatic rings. The molecule has 0 spiro atoms. The Labute approximate surface area is 238 Å². The van der Waals surface area contributed by atoms with Crippen molar-refractivity contribution in [3.8, 4) is 0 Å². The van der Waals surface area contributed by atoms with Gasteiger partial charge in [-0.15, -0.1) is 0 Å². The summed E-state index contributed by atoms with van der Waals surface area (Å²) in [6, 6.07) is 4.95. The number of unbranched alkanes of at least 4 members (excludes halogenated alkanes) is 1. The maximum absolute atomic E-state index is 15.6. The number of hydrogen-bond donors (Lipinski definition) is 3. The number of nitrogens with one attached hydrogen (secondary N) is 3. The van der Waals surface area contributed by atoms with Crippen LogP contribution in [0.3, 0.4) is 0 Å². The number of amides is 3. The van der Waals surface area contributed by atoms with Crippen molar-refractivity contribution in [1.29, 1.82) is 0 Å². The van der Waals surface area contributed by atoms with Crippen LogP contribution in [0.4, 0.5) is 9.18 Å².